The van der Waals surface area contributed by atoms with E-state index in [2.05, 4.69) is 44.0 Å². The average molecular weight is 372 g/mol. The zero-order valence-corrected chi connectivity index (χ0v) is 15.9. The maximum absolute atomic E-state index is 12.3. The van der Waals surface area contributed by atoms with Crippen LogP contribution in [-0.2, 0) is 6.42 Å². The molecule has 0 saturated carbocycles. The summed E-state index contributed by atoms with van der Waals surface area (Å²) in [6.45, 7) is 3.73. The Kier molecular flexibility index (Phi) is 5.61. The summed E-state index contributed by atoms with van der Waals surface area (Å²) >= 11 is 0. The molecule has 1 saturated heterocycles. The molecular formula is C23H24N4O. The molecule has 0 N–H and O–H groups in total. The number of Topliss-reactive ketones (excluding diaryl/α,β-unsaturated/α-hetero) is 1. The molecule has 0 bridgehead atoms. The number of ketones is 1. The molecular weight excluding hydrogens is 348 g/mol. The van der Waals surface area contributed by atoms with E-state index < -0.39 is 0 Å². The monoisotopic (exact) mass is 372 g/mol. The molecule has 0 unspecified atom stereocenters. The first-order chi connectivity index (χ1) is 13.8. The fraction of sp³-hybridized carbons (Fsp3) is 0.261. The van der Waals surface area contributed by atoms with Gasteiger partial charge in [0, 0.05) is 56.2 Å². The first-order valence-corrected chi connectivity index (χ1v) is 9.74. The quantitative estimate of drug-likeness (QED) is 0.619. The molecule has 0 atom stereocenters. The molecule has 5 heteroatoms. The van der Waals surface area contributed by atoms with E-state index in [1.807, 2.05) is 36.4 Å². The molecule has 5 nitrogen and oxygen atoms in total. The highest BCUT2D eigenvalue weighted by atomic mass is 16.1. The standard InChI is InChI=1S/C23H24N4O/c28-22(20-5-2-1-3-6-20)12-9-19-7-10-21(11-8-19)26-15-17-27(18-16-26)23-24-13-4-14-25-23/h1-8,10-11,13-14H,9,12,15-18H2. The van der Waals surface area contributed by atoms with Crippen molar-refractivity contribution in [3.8, 4) is 0 Å². The van der Waals surface area contributed by atoms with Crippen LogP contribution in [0.4, 0.5) is 11.6 Å². The largest absolute Gasteiger partial charge is 0.368 e. The van der Waals surface area contributed by atoms with Gasteiger partial charge in [0.1, 0.15) is 0 Å². The second kappa shape index (κ2) is 8.65. The molecule has 0 aliphatic carbocycles. The van der Waals surface area contributed by atoms with Gasteiger partial charge in [0.15, 0.2) is 5.78 Å². The lowest BCUT2D eigenvalue weighted by molar-refractivity contribution is 0.0983. The number of rotatable bonds is 6. The van der Waals surface area contributed by atoms with E-state index in [0.717, 1.165) is 44.1 Å². The van der Waals surface area contributed by atoms with Gasteiger partial charge in [-0.25, -0.2) is 9.97 Å². The van der Waals surface area contributed by atoms with E-state index in [1.54, 1.807) is 12.4 Å². The molecule has 2 aromatic carbocycles. The van der Waals surface area contributed by atoms with Crippen LogP contribution in [0.25, 0.3) is 0 Å². The van der Waals surface area contributed by atoms with Gasteiger partial charge in [-0.3, -0.25) is 4.79 Å². The number of nitrogens with zero attached hydrogens (tertiary/aromatic N) is 4. The molecule has 1 aliphatic rings. The van der Waals surface area contributed by atoms with Gasteiger partial charge in [0.05, 0.1) is 0 Å². The number of carbonyl (C=O) groups is 1. The van der Waals surface area contributed by atoms with E-state index in [0.29, 0.717) is 6.42 Å². The van der Waals surface area contributed by atoms with Crippen LogP contribution in [0.1, 0.15) is 22.3 Å². The third-order valence-electron chi connectivity index (χ3n) is 5.15. The summed E-state index contributed by atoms with van der Waals surface area (Å²) in [5.41, 5.74) is 3.22. The summed E-state index contributed by atoms with van der Waals surface area (Å²) in [7, 11) is 0. The van der Waals surface area contributed by atoms with E-state index in [1.165, 1.54) is 11.3 Å². The fourth-order valence-corrected chi connectivity index (χ4v) is 3.52. The van der Waals surface area contributed by atoms with Crippen LogP contribution in [0, 0.1) is 0 Å². The van der Waals surface area contributed by atoms with E-state index in [4.69, 9.17) is 0 Å². The van der Waals surface area contributed by atoms with Crippen molar-refractivity contribution >= 4 is 17.4 Å². The van der Waals surface area contributed by atoms with E-state index >= 15 is 0 Å². The van der Waals surface area contributed by atoms with Gasteiger partial charge in [-0.2, -0.15) is 0 Å². The van der Waals surface area contributed by atoms with Gasteiger partial charge in [-0.05, 0) is 30.2 Å². The van der Waals surface area contributed by atoms with Crippen LogP contribution < -0.4 is 9.80 Å². The predicted molar refractivity (Wildman–Crippen MR) is 112 cm³/mol. The van der Waals surface area contributed by atoms with Crippen molar-refractivity contribution in [1.82, 2.24) is 9.97 Å². The van der Waals surface area contributed by atoms with Crippen molar-refractivity contribution in [2.45, 2.75) is 12.8 Å². The minimum Gasteiger partial charge on any atom is -0.368 e. The maximum atomic E-state index is 12.3. The number of hydrogen-bond donors (Lipinski definition) is 0. The van der Waals surface area contributed by atoms with Crippen molar-refractivity contribution in [3.63, 3.8) is 0 Å². The molecule has 3 aromatic rings. The highest BCUT2D eigenvalue weighted by molar-refractivity contribution is 5.96. The van der Waals surface area contributed by atoms with Crippen LogP contribution in [-0.4, -0.2) is 41.9 Å². The second-order valence-electron chi connectivity index (χ2n) is 6.98. The number of aromatic nitrogens is 2. The van der Waals surface area contributed by atoms with E-state index in [9.17, 15) is 4.79 Å². The summed E-state index contributed by atoms with van der Waals surface area (Å²) in [6.07, 6.45) is 4.89. The predicted octanol–water partition coefficient (Wildman–Crippen LogP) is 3.62. The number of anilines is 2. The zero-order chi connectivity index (χ0) is 19.2. The van der Waals surface area contributed by atoms with Crippen molar-refractivity contribution in [1.29, 1.82) is 0 Å². The Morgan fingerprint density at radius 1 is 0.786 bits per heavy atom. The number of carbonyl (C=O) groups excluding carboxylic acids is 1. The summed E-state index contributed by atoms with van der Waals surface area (Å²) in [4.78, 5) is 25.5. The SMILES string of the molecule is O=C(CCc1ccc(N2CCN(c3ncccn3)CC2)cc1)c1ccccc1. The van der Waals surface area contributed by atoms with Gasteiger partial charge < -0.3 is 9.80 Å². The summed E-state index contributed by atoms with van der Waals surface area (Å²) in [5.74, 6) is 1.00. The first kappa shape index (κ1) is 18.2. The van der Waals surface area contributed by atoms with Gasteiger partial charge in [0.2, 0.25) is 5.95 Å². The number of aryl methyl sites for hydroxylation is 1. The third kappa shape index (κ3) is 4.36. The first-order valence-electron chi connectivity index (χ1n) is 9.74. The third-order valence-corrected chi connectivity index (χ3v) is 5.15. The summed E-state index contributed by atoms with van der Waals surface area (Å²) in [5, 5.41) is 0. The van der Waals surface area contributed by atoms with Crippen LogP contribution in [0.15, 0.2) is 73.1 Å². The minimum absolute atomic E-state index is 0.198. The average Bonchev–Trinajstić information content (AvgIpc) is 2.79. The Bertz CT molecular complexity index is 889. The zero-order valence-electron chi connectivity index (χ0n) is 15.9. The lowest BCUT2D eigenvalue weighted by atomic mass is 10.0. The molecule has 2 heterocycles. The molecule has 0 radical (unpaired) electrons. The van der Waals surface area contributed by atoms with Crippen molar-refractivity contribution in [2.24, 2.45) is 0 Å². The Balaban J connectivity index is 1.30. The highest BCUT2D eigenvalue weighted by Gasteiger charge is 2.18. The Labute approximate surface area is 165 Å². The molecule has 1 fully saturated rings. The number of benzene rings is 2. The molecule has 0 amide bonds. The molecule has 4 rings (SSSR count). The van der Waals surface area contributed by atoms with Gasteiger partial charge >= 0.3 is 0 Å². The minimum atomic E-state index is 0.198. The highest BCUT2D eigenvalue weighted by Crippen LogP contribution is 2.20. The Hall–Kier alpha value is -3.21. The number of piperazine rings is 1. The van der Waals surface area contributed by atoms with Gasteiger partial charge in [0.25, 0.3) is 0 Å². The van der Waals surface area contributed by atoms with Crippen LogP contribution >= 0.6 is 0 Å². The van der Waals surface area contributed by atoms with Crippen LogP contribution in [0.5, 0.6) is 0 Å². The van der Waals surface area contributed by atoms with Crippen molar-refractivity contribution in [2.75, 3.05) is 36.0 Å². The fourth-order valence-electron chi connectivity index (χ4n) is 3.52. The van der Waals surface area contributed by atoms with Gasteiger partial charge in [-0.1, -0.05) is 42.5 Å². The topological polar surface area (TPSA) is 49.3 Å². The molecule has 1 aliphatic heterocycles. The number of hydrogen-bond acceptors (Lipinski definition) is 5. The normalized spacial score (nSPS) is 14.1. The van der Waals surface area contributed by atoms with Crippen LogP contribution in [0.3, 0.4) is 0 Å². The Morgan fingerprint density at radius 3 is 2.11 bits per heavy atom. The van der Waals surface area contributed by atoms with E-state index in [-0.39, 0.29) is 5.78 Å². The Morgan fingerprint density at radius 2 is 1.43 bits per heavy atom. The second-order valence-corrected chi connectivity index (χ2v) is 6.98. The smallest absolute Gasteiger partial charge is 0.225 e. The summed E-state index contributed by atoms with van der Waals surface area (Å²) < 4.78 is 0. The lowest BCUT2D eigenvalue weighted by Crippen LogP contribution is -2.47. The molecule has 1 aromatic heterocycles. The molecule has 28 heavy (non-hydrogen) atoms. The maximum Gasteiger partial charge on any atom is 0.225 e. The molecule has 142 valence electrons. The lowest BCUT2D eigenvalue weighted by Gasteiger charge is -2.36. The van der Waals surface area contributed by atoms with Crippen molar-refractivity contribution in [3.05, 3.63) is 84.2 Å². The summed E-state index contributed by atoms with van der Waals surface area (Å²) in [6, 6.07) is 20.0. The van der Waals surface area contributed by atoms with Crippen molar-refractivity contribution < 1.29 is 4.79 Å². The van der Waals surface area contributed by atoms with Crippen LogP contribution in [0.2, 0.25) is 0 Å². The molecule has 0 spiro atoms. The van der Waals surface area contributed by atoms with Gasteiger partial charge in [-0.15, -0.1) is 0 Å².